The first-order valence-electron chi connectivity index (χ1n) is 13.8. The number of aryl methyl sites for hydroxylation is 1. The average molecular weight is 610 g/mol. The Morgan fingerprint density at radius 2 is 1.79 bits per heavy atom. The summed E-state index contributed by atoms with van der Waals surface area (Å²) in [4.78, 5) is 52.4. The number of phosphoric acid groups is 1. The molecule has 226 valence electrons. The van der Waals surface area contributed by atoms with E-state index in [0.717, 1.165) is 40.0 Å². The average Bonchev–Trinajstić information content (AvgIpc) is 3.48. The number of benzene rings is 2. The summed E-state index contributed by atoms with van der Waals surface area (Å²) in [5.41, 5.74) is 9.62. The lowest BCUT2D eigenvalue weighted by molar-refractivity contribution is -0.137. The summed E-state index contributed by atoms with van der Waals surface area (Å²) in [6.07, 6.45) is 5.49. The van der Waals surface area contributed by atoms with Crippen LogP contribution in [0.15, 0.2) is 48.6 Å². The monoisotopic (exact) mass is 609 g/mol. The maximum Gasteiger partial charge on any atom is 0.524 e. The van der Waals surface area contributed by atoms with Crippen molar-refractivity contribution >= 4 is 47.4 Å². The zero-order valence-corrected chi connectivity index (χ0v) is 24.4. The van der Waals surface area contributed by atoms with Gasteiger partial charge in [0.1, 0.15) is 11.3 Å². The van der Waals surface area contributed by atoms with Crippen LogP contribution in [0.4, 0.5) is 5.82 Å². The summed E-state index contributed by atoms with van der Waals surface area (Å²) in [5, 5.41) is 11.6. The molecule has 0 unspecified atom stereocenters. The number of para-hydroxylation sites is 1. The van der Waals surface area contributed by atoms with E-state index in [4.69, 9.17) is 15.5 Å². The van der Waals surface area contributed by atoms with Gasteiger partial charge in [0.25, 0.3) is 11.8 Å². The summed E-state index contributed by atoms with van der Waals surface area (Å²) in [6, 6.07) is 10.3. The molecule has 0 saturated heterocycles. The van der Waals surface area contributed by atoms with Gasteiger partial charge >= 0.3 is 7.82 Å². The van der Waals surface area contributed by atoms with E-state index in [1.807, 2.05) is 22.8 Å². The number of ether oxygens (including phenoxy) is 1. The molecule has 13 nitrogen and oxygen atoms in total. The van der Waals surface area contributed by atoms with E-state index in [2.05, 4.69) is 16.4 Å². The van der Waals surface area contributed by atoms with Crippen molar-refractivity contribution < 1.29 is 38.3 Å². The third-order valence-electron chi connectivity index (χ3n) is 7.12. The number of carbonyl (C=O) groups is 2. The molecule has 2 amide bonds. The van der Waals surface area contributed by atoms with Gasteiger partial charge in [0, 0.05) is 29.5 Å². The Morgan fingerprint density at radius 3 is 2.51 bits per heavy atom. The van der Waals surface area contributed by atoms with Crippen molar-refractivity contribution in [3.8, 4) is 11.5 Å². The molecule has 14 heteroatoms. The van der Waals surface area contributed by atoms with Crippen LogP contribution in [0.5, 0.6) is 11.5 Å². The van der Waals surface area contributed by atoms with E-state index in [1.54, 1.807) is 12.1 Å². The van der Waals surface area contributed by atoms with Crippen LogP contribution in [0.2, 0.25) is 0 Å². The fraction of sp³-hybridized carbons (Fsp3) is 0.310. The Labute approximate surface area is 246 Å². The van der Waals surface area contributed by atoms with Crippen LogP contribution in [0, 0.1) is 0 Å². The minimum Gasteiger partial charge on any atom is -0.504 e. The molecule has 0 fully saturated rings. The standard InChI is InChI=1S/C29H32N5O8P/c1-2-3-7-23-32-26-27(34(23)17-19-5-4-6-22(28(19)37)42-43(38,39)40)20-9-8-18(16-21(20)31-29(26)30)12-14-41-15-13-33-24(35)10-11-25(33)36/h4-6,8-11,16,37H,2-3,7,12-15,17H2,1H3,(H2,30,31)(H2,38,39,40). The van der Waals surface area contributed by atoms with Gasteiger partial charge in [-0.3, -0.25) is 24.3 Å². The van der Waals surface area contributed by atoms with E-state index < -0.39 is 7.82 Å². The van der Waals surface area contributed by atoms with E-state index >= 15 is 0 Å². The molecular formula is C29H32N5O8P. The normalized spacial score (nSPS) is 13.6. The molecule has 43 heavy (non-hydrogen) atoms. The first-order valence-corrected chi connectivity index (χ1v) is 15.3. The number of hydrogen-bond acceptors (Lipinski definition) is 9. The van der Waals surface area contributed by atoms with E-state index in [0.29, 0.717) is 36.0 Å². The predicted octanol–water partition coefficient (Wildman–Crippen LogP) is 3.22. The number of phenolic OH excluding ortho intramolecular Hbond substituents is 1. The number of fused-ring (bicyclic) bond motifs is 3. The van der Waals surface area contributed by atoms with Crippen molar-refractivity contribution in [3.05, 3.63) is 65.5 Å². The lowest BCUT2D eigenvalue weighted by Crippen LogP contribution is -2.33. The van der Waals surface area contributed by atoms with E-state index in [9.17, 15) is 29.0 Å². The molecule has 0 aliphatic carbocycles. The largest absolute Gasteiger partial charge is 0.524 e. The summed E-state index contributed by atoms with van der Waals surface area (Å²) < 4.78 is 23.7. The van der Waals surface area contributed by atoms with Crippen molar-refractivity contribution in [3.63, 3.8) is 0 Å². The number of pyridine rings is 1. The third kappa shape index (κ3) is 6.70. The summed E-state index contributed by atoms with van der Waals surface area (Å²) >= 11 is 0. The second kappa shape index (κ2) is 12.5. The topological polar surface area (TPSA) is 190 Å². The Hall–Kier alpha value is -4.29. The number of nitrogen functional groups attached to an aromatic ring is 1. The number of nitrogens with zero attached hydrogens (tertiary/aromatic N) is 4. The number of nitrogens with two attached hydrogens (primary N) is 1. The van der Waals surface area contributed by atoms with Gasteiger partial charge in [0.05, 0.1) is 37.3 Å². The zero-order valence-electron chi connectivity index (χ0n) is 23.5. The Morgan fingerprint density at radius 1 is 1.02 bits per heavy atom. The molecule has 2 aromatic carbocycles. The Bertz CT molecular complexity index is 1760. The molecule has 3 heterocycles. The number of hydrogen-bond donors (Lipinski definition) is 4. The van der Waals surface area contributed by atoms with Gasteiger partial charge in [-0.1, -0.05) is 37.6 Å². The first-order chi connectivity index (χ1) is 20.6. The third-order valence-corrected chi connectivity index (χ3v) is 7.56. The quantitative estimate of drug-likeness (QED) is 0.0989. The van der Waals surface area contributed by atoms with Crippen LogP contribution in [0.25, 0.3) is 21.9 Å². The molecule has 5 N–H and O–H groups in total. The molecule has 0 atom stereocenters. The number of aromatic nitrogens is 3. The lowest BCUT2D eigenvalue weighted by Gasteiger charge is -2.15. The van der Waals surface area contributed by atoms with Crippen molar-refractivity contribution in [2.24, 2.45) is 0 Å². The SMILES string of the molecule is CCCCc1nc2c(N)nc3cc(CCOCCN4C(=O)C=CC4=O)ccc3c2n1Cc1cccc(OP(=O)(O)O)c1O. The lowest BCUT2D eigenvalue weighted by atomic mass is 10.1. The molecule has 2 aromatic heterocycles. The number of anilines is 1. The fourth-order valence-electron chi connectivity index (χ4n) is 5.02. The number of aromatic hydroxyl groups is 1. The highest BCUT2D eigenvalue weighted by Gasteiger charge is 2.24. The molecule has 5 rings (SSSR count). The van der Waals surface area contributed by atoms with Crippen LogP contribution >= 0.6 is 7.82 Å². The van der Waals surface area contributed by atoms with Crippen molar-refractivity contribution in [1.29, 1.82) is 0 Å². The van der Waals surface area contributed by atoms with Gasteiger partial charge < -0.3 is 24.7 Å². The number of rotatable bonds is 13. The predicted molar refractivity (Wildman–Crippen MR) is 158 cm³/mol. The minimum absolute atomic E-state index is 0.144. The van der Waals surface area contributed by atoms with Gasteiger partial charge in [-0.25, -0.2) is 14.5 Å². The Kier molecular flexibility index (Phi) is 8.79. The highest BCUT2D eigenvalue weighted by molar-refractivity contribution is 7.46. The van der Waals surface area contributed by atoms with Crippen LogP contribution in [-0.4, -0.2) is 65.9 Å². The van der Waals surface area contributed by atoms with Crippen molar-refractivity contribution in [2.45, 2.75) is 39.2 Å². The number of amides is 2. The minimum atomic E-state index is -4.88. The summed E-state index contributed by atoms with van der Waals surface area (Å²) in [7, 11) is -4.88. The smallest absolute Gasteiger partial charge is 0.504 e. The van der Waals surface area contributed by atoms with Gasteiger partial charge in [-0.05, 0) is 30.5 Å². The maximum atomic E-state index is 11.7. The zero-order chi connectivity index (χ0) is 30.7. The molecule has 0 spiro atoms. The summed E-state index contributed by atoms with van der Waals surface area (Å²) in [6.45, 7) is 3.00. The molecule has 0 radical (unpaired) electrons. The molecule has 4 aromatic rings. The summed E-state index contributed by atoms with van der Waals surface area (Å²) in [5.74, 6) is -0.388. The van der Waals surface area contributed by atoms with Crippen LogP contribution < -0.4 is 10.3 Å². The highest BCUT2D eigenvalue weighted by Crippen LogP contribution is 2.43. The second-order valence-corrected chi connectivity index (χ2v) is 11.3. The van der Waals surface area contributed by atoms with Crippen LogP contribution in [-0.2, 0) is 38.3 Å². The van der Waals surface area contributed by atoms with E-state index in [-0.39, 0.29) is 48.8 Å². The molecular weight excluding hydrogens is 577 g/mol. The van der Waals surface area contributed by atoms with Crippen LogP contribution in [0.3, 0.4) is 0 Å². The number of carbonyl (C=O) groups excluding carboxylic acids is 2. The number of imidazole rings is 1. The van der Waals surface area contributed by atoms with Gasteiger partial charge in [0.2, 0.25) is 0 Å². The molecule has 0 bridgehead atoms. The van der Waals surface area contributed by atoms with Crippen LogP contribution in [0.1, 0.15) is 36.7 Å². The molecule has 1 aliphatic heterocycles. The second-order valence-electron chi connectivity index (χ2n) is 10.1. The van der Waals surface area contributed by atoms with Crippen molar-refractivity contribution in [1.82, 2.24) is 19.4 Å². The first kappa shape index (κ1) is 30.2. The number of imide groups is 1. The van der Waals surface area contributed by atoms with Crippen molar-refractivity contribution in [2.75, 3.05) is 25.5 Å². The highest BCUT2D eigenvalue weighted by atomic mass is 31.2. The molecule has 0 saturated carbocycles. The van der Waals surface area contributed by atoms with Gasteiger partial charge in [-0.15, -0.1) is 0 Å². The number of phenols is 1. The number of unbranched alkanes of at least 4 members (excludes halogenated alkanes) is 1. The Balaban J connectivity index is 1.42. The fourth-order valence-corrected chi connectivity index (χ4v) is 5.43. The van der Waals surface area contributed by atoms with Gasteiger partial charge in [-0.2, -0.15) is 0 Å². The number of phosphoric ester groups is 1. The maximum absolute atomic E-state index is 11.7. The van der Waals surface area contributed by atoms with Gasteiger partial charge in [0.15, 0.2) is 17.3 Å². The van der Waals surface area contributed by atoms with E-state index in [1.165, 1.54) is 18.2 Å². The molecule has 1 aliphatic rings.